The van der Waals surface area contributed by atoms with Crippen LogP contribution < -0.4 is 4.74 Å². The second-order valence-electron chi connectivity index (χ2n) is 6.72. The van der Waals surface area contributed by atoms with E-state index in [1.807, 2.05) is 6.20 Å². The van der Waals surface area contributed by atoms with Gasteiger partial charge < -0.3 is 4.74 Å². The van der Waals surface area contributed by atoms with E-state index >= 15 is 0 Å². The van der Waals surface area contributed by atoms with Crippen molar-refractivity contribution in [3.63, 3.8) is 0 Å². The number of fused-ring (bicyclic) bond motifs is 1. The summed E-state index contributed by atoms with van der Waals surface area (Å²) >= 11 is 0. The van der Waals surface area contributed by atoms with Crippen molar-refractivity contribution in [3.05, 3.63) is 52.1 Å². The van der Waals surface area contributed by atoms with Crippen molar-refractivity contribution in [2.24, 2.45) is 0 Å². The highest BCUT2D eigenvalue weighted by Crippen LogP contribution is 2.25. The van der Waals surface area contributed by atoms with Crippen molar-refractivity contribution in [3.8, 4) is 5.75 Å². The van der Waals surface area contributed by atoms with Gasteiger partial charge in [-0.25, -0.2) is 9.97 Å². The molecule has 0 amide bonds. The first-order chi connectivity index (χ1) is 11.6. The van der Waals surface area contributed by atoms with E-state index in [9.17, 15) is 0 Å². The number of hydrogen-bond donors (Lipinski definition) is 0. The van der Waals surface area contributed by atoms with Crippen molar-refractivity contribution in [1.29, 1.82) is 0 Å². The second kappa shape index (κ2) is 7.31. The molecule has 0 radical (unpaired) electrons. The van der Waals surface area contributed by atoms with E-state index < -0.39 is 0 Å². The molecule has 0 saturated heterocycles. The highest BCUT2D eigenvalue weighted by atomic mass is 16.5. The average Bonchev–Trinajstić information content (AvgIpc) is 2.58. The number of nitrogens with zero attached hydrogens (tertiary/aromatic N) is 3. The van der Waals surface area contributed by atoms with Gasteiger partial charge in [0.25, 0.3) is 0 Å². The van der Waals surface area contributed by atoms with Crippen molar-refractivity contribution < 1.29 is 4.74 Å². The third-order valence-corrected chi connectivity index (χ3v) is 4.78. The largest absolute Gasteiger partial charge is 0.496 e. The number of hydrogen-bond acceptors (Lipinski definition) is 4. The van der Waals surface area contributed by atoms with Gasteiger partial charge in [-0.1, -0.05) is 13.0 Å². The standard InChI is InChI=1S/C20H27N3O/c1-5-6-20-21-11-17-13-23(8-7-18(17)22-20)12-16-9-15(3)19(24-4)10-14(16)2/h9-11H,5-8,12-13H2,1-4H3. The monoisotopic (exact) mass is 325 g/mol. The van der Waals surface area contributed by atoms with Crippen LogP contribution in [0.4, 0.5) is 0 Å². The molecule has 0 unspecified atom stereocenters. The van der Waals surface area contributed by atoms with Gasteiger partial charge in [0.05, 0.1) is 7.11 Å². The van der Waals surface area contributed by atoms with Crippen LogP contribution in [0, 0.1) is 13.8 Å². The molecule has 0 aliphatic carbocycles. The molecule has 0 atom stereocenters. The van der Waals surface area contributed by atoms with Crippen LogP contribution in [0.1, 0.15) is 47.1 Å². The lowest BCUT2D eigenvalue weighted by molar-refractivity contribution is 0.242. The fraction of sp³-hybridized carbons (Fsp3) is 0.500. The fourth-order valence-corrected chi connectivity index (χ4v) is 3.38. The molecule has 0 spiro atoms. The van der Waals surface area contributed by atoms with Crippen LogP contribution >= 0.6 is 0 Å². The molecule has 24 heavy (non-hydrogen) atoms. The Labute approximate surface area is 144 Å². The van der Waals surface area contributed by atoms with Crippen LogP contribution in [0.2, 0.25) is 0 Å². The summed E-state index contributed by atoms with van der Waals surface area (Å²) in [6, 6.07) is 4.40. The van der Waals surface area contributed by atoms with E-state index in [4.69, 9.17) is 9.72 Å². The lowest BCUT2D eigenvalue weighted by Gasteiger charge is -2.29. The summed E-state index contributed by atoms with van der Waals surface area (Å²) in [6.07, 6.45) is 5.12. The first-order valence-electron chi connectivity index (χ1n) is 8.80. The first kappa shape index (κ1) is 16.9. The lowest BCUT2D eigenvalue weighted by Crippen LogP contribution is -2.31. The van der Waals surface area contributed by atoms with E-state index in [0.29, 0.717) is 0 Å². The molecule has 1 aliphatic rings. The molecule has 1 aliphatic heterocycles. The Morgan fingerprint density at radius 1 is 1.21 bits per heavy atom. The van der Waals surface area contributed by atoms with Crippen molar-refractivity contribution in [1.82, 2.24) is 14.9 Å². The van der Waals surface area contributed by atoms with Gasteiger partial charge in [0.15, 0.2) is 0 Å². The Morgan fingerprint density at radius 3 is 2.79 bits per heavy atom. The molecule has 0 bridgehead atoms. The van der Waals surface area contributed by atoms with Crippen molar-refractivity contribution >= 4 is 0 Å². The average molecular weight is 325 g/mol. The molecule has 1 aromatic heterocycles. The van der Waals surface area contributed by atoms with Crippen LogP contribution in [-0.2, 0) is 25.9 Å². The molecule has 2 aromatic rings. The molecule has 128 valence electrons. The van der Waals surface area contributed by atoms with Gasteiger partial charge in [-0.05, 0) is 43.0 Å². The van der Waals surface area contributed by atoms with Gasteiger partial charge in [0.1, 0.15) is 11.6 Å². The summed E-state index contributed by atoms with van der Waals surface area (Å²) in [4.78, 5) is 11.8. The summed E-state index contributed by atoms with van der Waals surface area (Å²) in [5, 5.41) is 0. The Kier molecular flexibility index (Phi) is 5.14. The van der Waals surface area contributed by atoms with Gasteiger partial charge in [0, 0.05) is 49.9 Å². The number of benzene rings is 1. The molecule has 4 heteroatoms. The Morgan fingerprint density at radius 2 is 2.04 bits per heavy atom. The smallest absolute Gasteiger partial charge is 0.128 e. The van der Waals surface area contributed by atoms with Gasteiger partial charge >= 0.3 is 0 Å². The Hall–Kier alpha value is -1.94. The van der Waals surface area contributed by atoms with Crippen LogP contribution in [0.5, 0.6) is 5.75 Å². The molecule has 3 rings (SSSR count). The molecule has 1 aromatic carbocycles. The van der Waals surface area contributed by atoms with E-state index in [0.717, 1.165) is 50.5 Å². The summed E-state index contributed by atoms with van der Waals surface area (Å²) in [7, 11) is 1.73. The maximum absolute atomic E-state index is 5.42. The number of aromatic nitrogens is 2. The van der Waals surface area contributed by atoms with Crippen molar-refractivity contribution in [2.75, 3.05) is 13.7 Å². The molecule has 0 N–H and O–H groups in total. The lowest BCUT2D eigenvalue weighted by atomic mass is 10.0. The van der Waals surface area contributed by atoms with Gasteiger partial charge in [-0.3, -0.25) is 4.90 Å². The molecular formula is C20H27N3O. The zero-order valence-electron chi connectivity index (χ0n) is 15.2. The Bertz CT molecular complexity index is 727. The maximum Gasteiger partial charge on any atom is 0.128 e. The van der Waals surface area contributed by atoms with E-state index in [1.54, 1.807) is 7.11 Å². The van der Waals surface area contributed by atoms with Gasteiger partial charge in [0.2, 0.25) is 0 Å². The second-order valence-corrected chi connectivity index (χ2v) is 6.72. The minimum Gasteiger partial charge on any atom is -0.496 e. The third-order valence-electron chi connectivity index (χ3n) is 4.78. The summed E-state index contributed by atoms with van der Waals surface area (Å²) in [6.45, 7) is 9.40. The highest BCUT2D eigenvalue weighted by Gasteiger charge is 2.19. The van der Waals surface area contributed by atoms with Crippen LogP contribution in [0.25, 0.3) is 0 Å². The highest BCUT2D eigenvalue weighted by molar-refractivity contribution is 5.41. The van der Waals surface area contributed by atoms with Gasteiger partial charge in [-0.15, -0.1) is 0 Å². The minimum absolute atomic E-state index is 0.937. The van der Waals surface area contributed by atoms with Crippen LogP contribution in [-0.4, -0.2) is 28.5 Å². The molecule has 2 heterocycles. The Balaban J connectivity index is 1.73. The predicted octanol–water partition coefficient (Wildman–Crippen LogP) is 3.61. The summed E-state index contributed by atoms with van der Waals surface area (Å²) < 4.78 is 5.42. The summed E-state index contributed by atoms with van der Waals surface area (Å²) in [5.41, 5.74) is 6.39. The predicted molar refractivity (Wildman–Crippen MR) is 96.3 cm³/mol. The topological polar surface area (TPSA) is 38.2 Å². The zero-order valence-corrected chi connectivity index (χ0v) is 15.2. The molecule has 4 nitrogen and oxygen atoms in total. The summed E-state index contributed by atoms with van der Waals surface area (Å²) in [5.74, 6) is 1.96. The number of aryl methyl sites for hydroxylation is 3. The van der Waals surface area contributed by atoms with Gasteiger partial charge in [-0.2, -0.15) is 0 Å². The molecule has 0 fully saturated rings. The van der Waals surface area contributed by atoms with Crippen LogP contribution in [0.3, 0.4) is 0 Å². The van der Waals surface area contributed by atoms with E-state index in [-0.39, 0.29) is 0 Å². The SMILES string of the molecule is CCCc1ncc2c(n1)CCN(Cc1cc(C)c(OC)cc1C)C2. The molecule has 0 saturated carbocycles. The maximum atomic E-state index is 5.42. The minimum atomic E-state index is 0.937. The normalized spacial score (nSPS) is 14.5. The number of rotatable bonds is 5. The van der Waals surface area contributed by atoms with E-state index in [1.165, 1.54) is 27.9 Å². The zero-order chi connectivity index (χ0) is 17.1. The van der Waals surface area contributed by atoms with E-state index in [2.05, 4.69) is 42.8 Å². The quantitative estimate of drug-likeness (QED) is 0.842. The number of methoxy groups -OCH3 is 1. The molecular weight excluding hydrogens is 298 g/mol. The fourth-order valence-electron chi connectivity index (χ4n) is 3.38. The van der Waals surface area contributed by atoms with Crippen molar-refractivity contribution in [2.45, 2.75) is 53.1 Å². The number of ether oxygens (including phenoxy) is 1. The first-order valence-corrected chi connectivity index (χ1v) is 8.80. The third kappa shape index (κ3) is 3.59. The van der Waals surface area contributed by atoms with Crippen LogP contribution in [0.15, 0.2) is 18.3 Å².